The van der Waals surface area contributed by atoms with Crippen molar-refractivity contribution in [2.24, 2.45) is 4.99 Å². The number of nitrogens with one attached hydrogen (secondary N) is 1. The van der Waals surface area contributed by atoms with Gasteiger partial charge in [0.05, 0.1) is 5.56 Å². The second kappa shape index (κ2) is 8.34. The molecule has 0 bridgehead atoms. The van der Waals surface area contributed by atoms with Crippen LogP contribution in [0.1, 0.15) is 10.4 Å². The number of amidine groups is 1. The average Bonchev–Trinajstić information content (AvgIpc) is 2.75. The Hall–Kier alpha value is -3.35. The summed E-state index contributed by atoms with van der Waals surface area (Å²) in [7, 11) is 2.01. The van der Waals surface area contributed by atoms with Crippen LogP contribution in [0.4, 0.5) is 15.8 Å². The van der Waals surface area contributed by atoms with Crippen LogP contribution in [-0.4, -0.2) is 61.4 Å². The summed E-state index contributed by atoms with van der Waals surface area (Å²) in [5, 5.41) is 2.75. The quantitative estimate of drug-likeness (QED) is 0.871. The van der Waals surface area contributed by atoms with E-state index in [1.165, 1.54) is 12.1 Å². The third-order valence-electron chi connectivity index (χ3n) is 5.15. The highest BCUT2D eigenvalue weighted by Gasteiger charge is 2.20. The summed E-state index contributed by atoms with van der Waals surface area (Å²) in [6, 6.07) is 13.6. The standard InChI is InChI=1S/C22H24FN5O/c1-26-11-10-21(24-16-26)28-14-12-27(13-15-28)18-8-6-17(7-9-18)25-22(29)19-4-2-3-5-20(19)23/h2-11H,12-16H2,1H3,(H,25,29). The van der Waals surface area contributed by atoms with E-state index in [9.17, 15) is 9.18 Å². The van der Waals surface area contributed by atoms with Gasteiger partial charge >= 0.3 is 0 Å². The molecule has 0 atom stereocenters. The van der Waals surface area contributed by atoms with Crippen LogP contribution in [0, 0.1) is 5.82 Å². The molecular weight excluding hydrogens is 369 g/mol. The number of halogens is 1. The molecule has 0 aliphatic carbocycles. The number of piperazine rings is 1. The maximum atomic E-state index is 13.7. The van der Waals surface area contributed by atoms with Crippen molar-refractivity contribution in [2.45, 2.75) is 0 Å². The van der Waals surface area contributed by atoms with Crippen LogP contribution in [0.15, 0.2) is 65.8 Å². The summed E-state index contributed by atoms with van der Waals surface area (Å²) in [6.45, 7) is 4.34. The lowest BCUT2D eigenvalue weighted by molar-refractivity contribution is 0.102. The molecule has 29 heavy (non-hydrogen) atoms. The Labute approximate surface area is 169 Å². The van der Waals surface area contributed by atoms with Gasteiger partial charge in [-0.1, -0.05) is 12.1 Å². The first-order chi connectivity index (χ1) is 14.1. The van der Waals surface area contributed by atoms with E-state index in [-0.39, 0.29) is 5.56 Å². The minimum Gasteiger partial charge on any atom is -0.368 e. The summed E-state index contributed by atoms with van der Waals surface area (Å²) in [5.41, 5.74) is 1.79. The van der Waals surface area contributed by atoms with E-state index in [1.807, 2.05) is 36.2 Å². The predicted octanol–water partition coefficient (Wildman–Crippen LogP) is 3.02. The Morgan fingerprint density at radius 2 is 1.69 bits per heavy atom. The number of rotatable bonds is 3. The van der Waals surface area contributed by atoms with E-state index in [1.54, 1.807) is 12.1 Å². The molecule has 7 heteroatoms. The molecule has 4 rings (SSSR count). The molecule has 2 aromatic rings. The van der Waals surface area contributed by atoms with Crippen molar-refractivity contribution in [1.82, 2.24) is 9.80 Å². The second-order valence-electron chi connectivity index (χ2n) is 7.19. The number of benzene rings is 2. The van der Waals surface area contributed by atoms with Crippen LogP contribution in [0.2, 0.25) is 0 Å². The lowest BCUT2D eigenvalue weighted by Crippen LogP contribution is -2.49. The van der Waals surface area contributed by atoms with Crippen LogP contribution < -0.4 is 10.2 Å². The Morgan fingerprint density at radius 3 is 2.34 bits per heavy atom. The minimum absolute atomic E-state index is 0.0403. The first-order valence-corrected chi connectivity index (χ1v) is 9.69. The first kappa shape index (κ1) is 19.0. The Bertz CT molecular complexity index is 932. The fourth-order valence-corrected chi connectivity index (χ4v) is 3.48. The summed E-state index contributed by atoms with van der Waals surface area (Å²) < 4.78 is 13.7. The monoisotopic (exact) mass is 393 g/mol. The van der Waals surface area contributed by atoms with Crippen LogP contribution in [0.5, 0.6) is 0 Å². The summed E-state index contributed by atoms with van der Waals surface area (Å²) in [6.07, 6.45) is 4.12. The van der Waals surface area contributed by atoms with Gasteiger partial charge in [0, 0.05) is 50.8 Å². The van der Waals surface area contributed by atoms with Crippen molar-refractivity contribution < 1.29 is 9.18 Å². The Kier molecular flexibility index (Phi) is 5.46. The number of aliphatic imine (C=N–C) groups is 1. The molecule has 150 valence electrons. The SMILES string of the molecule is CN1C=CC(N2CCN(c3ccc(NC(=O)c4ccccc4F)cc3)CC2)=NC1. The summed E-state index contributed by atoms with van der Waals surface area (Å²) in [4.78, 5) is 23.5. The number of hydrogen-bond donors (Lipinski definition) is 1. The lowest BCUT2D eigenvalue weighted by atomic mass is 10.2. The molecule has 0 unspecified atom stereocenters. The first-order valence-electron chi connectivity index (χ1n) is 9.69. The number of hydrogen-bond acceptors (Lipinski definition) is 5. The number of amides is 1. The number of anilines is 2. The van der Waals surface area contributed by atoms with Gasteiger partial charge in [-0.3, -0.25) is 4.79 Å². The van der Waals surface area contributed by atoms with Crippen LogP contribution in [0.3, 0.4) is 0 Å². The molecule has 6 nitrogen and oxygen atoms in total. The van der Waals surface area contributed by atoms with Crippen LogP contribution >= 0.6 is 0 Å². The van der Waals surface area contributed by atoms with E-state index in [0.29, 0.717) is 12.4 Å². The highest BCUT2D eigenvalue weighted by molar-refractivity contribution is 6.04. The van der Waals surface area contributed by atoms with Gasteiger partial charge in [-0.05, 0) is 42.5 Å². The van der Waals surface area contributed by atoms with Gasteiger partial charge < -0.3 is 20.0 Å². The smallest absolute Gasteiger partial charge is 0.258 e. The molecule has 2 aliphatic heterocycles. The van der Waals surface area contributed by atoms with Crippen molar-refractivity contribution in [2.75, 3.05) is 50.1 Å². The Balaban J connectivity index is 1.34. The lowest BCUT2D eigenvalue weighted by Gasteiger charge is -2.38. The fraction of sp³-hybridized carbons (Fsp3) is 0.273. The zero-order valence-corrected chi connectivity index (χ0v) is 16.4. The van der Waals surface area contributed by atoms with Gasteiger partial charge in [0.15, 0.2) is 0 Å². The van der Waals surface area contributed by atoms with Gasteiger partial charge in [0.25, 0.3) is 5.91 Å². The highest BCUT2D eigenvalue weighted by atomic mass is 19.1. The van der Waals surface area contributed by atoms with Crippen LogP contribution in [0.25, 0.3) is 0 Å². The molecule has 1 saturated heterocycles. The largest absolute Gasteiger partial charge is 0.368 e. The molecule has 2 aliphatic rings. The zero-order chi connectivity index (χ0) is 20.2. The maximum absolute atomic E-state index is 13.7. The highest BCUT2D eigenvalue weighted by Crippen LogP contribution is 2.21. The molecule has 2 heterocycles. The van der Waals surface area contributed by atoms with Gasteiger partial charge in [0.1, 0.15) is 18.3 Å². The predicted molar refractivity (Wildman–Crippen MR) is 114 cm³/mol. The van der Waals surface area contributed by atoms with Gasteiger partial charge in [0.2, 0.25) is 0 Å². The number of carbonyl (C=O) groups is 1. The molecule has 1 N–H and O–H groups in total. The topological polar surface area (TPSA) is 51.2 Å². The second-order valence-corrected chi connectivity index (χ2v) is 7.19. The third kappa shape index (κ3) is 4.39. The number of nitrogens with zero attached hydrogens (tertiary/aromatic N) is 4. The molecule has 1 amide bonds. The van der Waals surface area contributed by atoms with Gasteiger partial charge in [-0.25, -0.2) is 9.38 Å². The van der Waals surface area contributed by atoms with Crippen molar-refractivity contribution in [3.8, 4) is 0 Å². The van der Waals surface area contributed by atoms with Crippen molar-refractivity contribution in [1.29, 1.82) is 0 Å². The molecule has 1 fully saturated rings. The molecule has 2 aromatic carbocycles. The average molecular weight is 393 g/mol. The number of carbonyl (C=O) groups excluding carboxylic acids is 1. The van der Waals surface area contributed by atoms with Crippen LogP contribution in [-0.2, 0) is 0 Å². The fourth-order valence-electron chi connectivity index (χ4n) is 3.48. The molecule has 0 aromatic heterocycles. The molecule has 0 spiro atoms. The van der Waals surface area contributed by atoms with Crippen molar-refractivity contribution >= 4 is 23.1 Å². The van der Waals surface area contributed by atoms with E-state index in [4.69, 9.17) is 0 Å². The van der Waals surface area contributed by atoms with E-state index >= 15 is 0 Å². The van der Waals surface area contributed by atoms with E-state index in [0.717, 1.165) is 37.7 Å². The van der Waals surface area contributed by atoms with Crippen molar-refractivity contribution in [3.05, 3.63) is 72.2 Å². The summed E-state index contributed by atoms with van der Waals surface area (Å²) >= 11 is 0. The van der Waals surface area contributed by atoms with Gasteiger partial charge in [-0.15, -0.1) is 0 Å². The minimum atomic E-state index is -0.524. The van der Waals surface area contributed by atoms with E-state index < -0.39 is 11.7 Å². The molecule has 0 radical (unpaired) electrons. The third-order valence-corrected chi connectivity index (χ3v) is 5.15. The Morgan fingerprint density at radius 1 is 1.00 bits per heavy atom. The maximum Gasteiger partial charge on any atom is 0.258 e. The molecule has 0 saturated carbocycles. The van der Waals surface area contributed by atoms with E-state index in [2.05, 4.69) is 32.4 Å². The normalized spacial score (nSPS) is 16.6. The van der Waals surface area contributed by atoms with Crippen molar-refractivity contribution in [3.63, 3.8) is 0 Å². The zero-order valence-electron chi connectivity index (χ0n) is 16.4. The molecular formula is C22H24FN5O. The summed E-state index contributed by atoms with van der Waals surface area (Å²) in [5.74, 6) is 0.0777. The van der Waals surface area contributed by atoms with Gasteiger partial charge in [-0.2, -0.15) is 0 Å².